The van der Waals surface area contributed by atoms with Crippen LogP contribution in [0, 0.1) is 18.6 Å². The minimum atomic E-state index is -1.41. The lowest BCUT2D eigenvalue weighted by molar-refractivity contribution is -0.128. The monoisotopic (exact) mass is 479 g/mol. The van der Waals surface area contributed by atoms with Crippen molar-refractivity contribution in [3.8, 4) is 5.75 Å². The zero-order chi connectivity index (χ0) is 23.5. The van der Waals surface area contributed by atoms with Crippen LogP contribution in [-0.4, -0.2) is 22.4 Å². The molecule has 0 unspecified atom stereocenters. The molecule has 0 aliphatic rings. The summed E-state index contributed by atoms with van der Waals surface area (Å²) < 4.78 is 32.9. The number of thiazole rings is 1. The van der Waals surface area contributed by atoms with Crippen molar-refractivity contribution in [2.75, 3.05) is 10.6 Å². The molecule has 0 aliphatic carbocycles. The summed E-state index contributed by atoms with van der Waals surface area (Å²) in [7, 11) is 0. The number of anilines is 2. The Morgan fingerprint density at radius 1 is 1.12 bits per heavy atom. The third-order valence-electron chi connectivity index (χ3n) is 4.33. The molecule has 0 saturated carbocycles. The van der Waals surface area contributed by atoms with Crippen LogP contribution >= 0.6 is 22.9 Å². The first-order chi connectivity index (χ1) is 15.0. The number of rotatable bonds is 7. The Balaban J connectivity index is 1.63. The highest BCUT2D eigenvalue weighted by Gasteiger charge is 2.32. The second-order valence-electron chi connectivity index (χ2n) is 7.47. The summed E-state index contributed by atoms with van der Waals surface area (Å²) >= 11 is 7.15. The molecule has 0 atom stereocenters. The smallest absolute Gasteiger partial charge is 0.269 e. The van der Waals surface area contributed by atoms with E-state index in [1.165, 1.54) is 50.2 Å². The molecule has 0 spiro atoms. The Morgan fingerprint density at radius 2 is 1.81 bits per heavy atom. The summed E-state index contributed by atoms with van der Waals surface area (Å²) in [6.45, 7) is 4.73. The Kier molecular flexibility index (Phi) is 7.10. The molecule has 32 heavy (non-hydrogen) atoms. The fourth-order valence-electron chi connectivity index (χ4n) is 2.64. The average molecular weight is 480 g/mol. The first kappa shape index (κ1) is 23.6. The molecule has 1 aromatic heterocycles. The predicted molar refractivity (Wildman–Crippen MR) is 120 cm³/mol. The molecule has 3 aromatic rings. The van der Waals surface area contributed by atoms with E-state index in [0.717, 1.165) is 16.9 Å². The summed E-state index contributed by atoms with van der Waals surface area (Å²) in [5, 5.41) is 5.37. The molecule has 0 saturated heterocycles. The maximum absolute atomic E-state index is 14.1. The minimum Gasteiger partial charge on any atom is -0.475 e. The highest BCUT2D eigenvalue weighted by atomic mass is 35.5. The lowest BCUT2D eigenvalue weighted by atomic mass is 10.1. The van der Waals surface area contributed by atoms with Crippen molar-refractivity contribution >= 4 is 45.6 Å². The van der Waals surface area contributed by atoms with E-state index < -0.39 is 29.0 Å². The second-order valence-corrected chi connectivity index (χ2v) is 9.07. The van der Waals surface area contributed by atoms with Crippen LogP contribution < -0.4 is 15.4 Å². The van der Waals surface area contributed by atoms with Gasteiger partial charge in [-0.05, 0) is 62.7 Å². The van der Waals surface area contributed by atoms with Gasteiger partial charge in [0, 0.05) is 5.69 Å². The molecule has 1 heterocycles. The van der Waals surface area contributed by atoms with E-state index in [4.69, 9.17) is 16.3 Å². The van der Waals surface area contributed by atoms with Crippen molar-refractivity contribution in [1.29, 1.82) is 0 Å². The van der Waals surface area contributed by atoms with E-state index in [-0.39, 0.29) is 27.3 Å². The first-order valence-corrected chi connectivity index (χ1v) is 10.7. The molecule has 0 bridgehead atoms. The first-order valence-electron chi connectivity index (χ1n) is 9.51. The SMILES string of the molecule is Cc1ccc(OC(C)(C)C(=O)Nc2nc(CC(=O)Nc3ccc(F)cc3)c(Cl)s2)c(F)c1. The highest BCUT2D eigenvalue weighted by molar-refractivity contribution is 7.19. The Labute approximate surface area is 192 Å². The van der Waals surface area contributed by atoms with Crippen LogP contribution in [0.1, 0.15) is 25.1 Å². The van der Waals surface area contributed by atoms with Gasteiger partial charge in [-0.1, -0.05) is 29.0 Å². The van der Waals surface area contributed by atoms with Crippen molar-refractivity contribution in [2.24, 2.45) is 0 Å². The van der Waals surface area contributed by atoms with Gasteiger partial charge < -0.3 is 10.1 Å². The molecule has 2 aromatic carbocycles. The third kappa shape index (κ3) is 6.02. The van der Waals surface area contributed by atoms with Gasteiger partial charge in [-0.15, -0.1) is 0 Å². The van der Waals surface area contributed by atoms with Crippen LogP contribution in [0.4, 0.5) is 19.6 Å². The number of carbonyl (C=O) groups excluding carboxylic acids is 2. The highest BCUT2D eigenvalue weighted by Crippen LogP contribution is 2.30. The molecule has 3 rings (SSSR count). The van der Waals surface area contributed by atoms with Gasteiger partial charge in [0.2, 0.25) is 5.91 Å². The average Bonchev–Trinajstić information content (AvgIpc) is 3.04. The van der Waals surface area contributed by atoms with E-state index in [1.54, 1.807) is 13.0 Å². The topological polar surface area (TPSA) is 80.3 Å². The molecule has 6 nitrogen and oxygen atoms in total. The summed E-state index contributed by atoms with van der Waals surface area (Å²) in [5.41, 5.74) is 0.0212. The summed E-state index contributed by atoms with van der Waals surface area (Å²) in [5.74, 6) is -2.00. The minimum absolute atomic E-state index is 0.0499. The van der Waals surface area contributed by atoms with E-state index in [9.17, 15) is 18.4 Å². The van der Waals surface area contributed by atoms with Crippen molar-refractivity contribution in [3.05, 3.63) is 69.7 Å². The standard InChI is InChI=1S/C22H20ClF2N3O3S/c1-12-4-9-17(15(25)10-12)31-22(2,3)20(30)28-21-27-16(19(23)32-21)11-18(29)26-14-7-5-13(24)6-8-14/h4-10H,11H2,1-3H3,(H,26,29)(H,27,28,30). The maximum atomic E-state index is 14.1. The van der Waals surface area contributed by atoms with Gasteiger partial charge in [-0.3, -0.25) is 14.9 Å². The summed E-state index contributed by atoms with van der Waals surface area (Å²) in [6, 6.07) is 9.76. The number of hydrogen-bond acceptors (Lipinski definition) is 5. The van der Waals surface area contributed by atoms with Crippen molar-refractivity contribution in [2.45, 2.75) is 32.8 Å². The van der Waals surface area contributed by atoms with Gasteiger partial charge in [0.1, 0.15) is 10.2 Å². The van der Waals surface area contributed by atoms with Gasteiger partial charge in [-0.2, -0.15) is 0 Å². The zero-order valence-electron chi connectivity index (χ0n) is 17.5. The fourth-order valence-corrected chi connectivity index (χ4v) is 3.68. The second kappa shape index (κ2) is 9.62. The Bertz CT molecular complexity index is 1150. The lowest BCUT2D eigenvalue weighted by Crippen LogP contribution is -2.42. The molecular formula is C22H20ClF2N3O3S. The lowest BCUT2D eigenvalue weighted by Gasteiger charge is -2.25. The van der Waals surface area contributed by atoms with E-state index in [2.05, 4.69) is 15.6 Å². The number of nitrogens with one attached hydrogen (secondary N) is 2. The number of carbonyl (C=O) groups is 2. The van der Waals surface area contributed by atoms with E-state index in [1.807, 2.05) is 0 Å². The number of nitrogens with zero attached hydrogens (tertiary/aromatic N) is 1. The van der Waals surface area contributed by atoms with Gasteiger partial charge in [-0.25, -0.2) is 13.8 Å². The number of ether oxygens (including phenoxy) is 1. The molecule has 10 heteroatoms. The normalized spacial score (nSPS) is 11.2. The number of halogens is 3. The molecule has 0 fully saturated rings. The Morgan fingerprint density at radius 3 is 2.47 bits per heavy atom. The van der Waals surface area contributed by atoms with Gasteiger partial charge in [0.25, 0.3) is 5.91 Å². The largest absolute Gasteiger partial charge is 0.475 e. The van der Waals surface area contributed by atoms with Gasteiger partial charge in [0.15, 0.2) is 22.3 Å². The van der Waals surface area contributed by atoms with Gasteiger partial charge in [0.05, 0.1) is 12.1 Å². The predicted octanol–water partition coefficient (Wildman–Crippen LogP) is 5.36. The zero-order valence-corrected chi connectivity index (χ0v) is 19.0. The number of hydrogen-bond donors (Lipinski definition) is 2. The van der Waals surface area contributed by atoms with Crippen LogP contribution in [0.3, 0.4) is 0 Å². The molecule has 168 valence electrons. The third-order valence-corrected chi connectivity index (χ3v) is 5.58. The summed E-state index contributed by atoms with van der Waals surface area (Å²) in [6.07, 6.45) is -0.142. The number of aryl methyl sites for hydroxylation is 1. The molecule has 2 amide bonds. The van der Waals surface area contributed by atoms with Crippen LogP contribution in [-0.2, 0) is 16.0 Å². The quantitative estimate of drug-likeness (QED) is 0.478. The molecular weight excluding hydrogens is 460 g/mol. The number of amides is 2. The maximum Gasteiger partial charge on any atom is 0.269 e. The Hall–Kier alpha value is -3.04. The van der Waals surface area contributed by atoms with Crippen LogP contribution in [0.2, 0.25) is 4.34 Å². The number of benzene rings is 2. The molecule has 0 aliphatic heterocycles. The molecule has 2 N–H and O–H groups in total. The van der Waals surface area contributed by atoms with Crippen molar-refractivity contribution in [3.63, 3.8) is 0 Å². The van der Waals surface area contributed by atoms with Crippen LogP contribution in [0.15, 0.2) is 42.5 Å². The van der Waals surface area contributed by atoms with Crippen LogP contribution in [0.25, 0.3) is 0 Å². The van der Waals surface area contributed by atoms with Crippen molar-refractivity contribution in [1.82, 2.24) is 4.98 Å². The van der Waals surface area contributed by atoms with E-state index in [0.29, 0.717) is 5.69 Å². The molecule has 0 radical (unpaired) electrons. The van der Waals surface area contributed by atoms with Crippen LogP contribution in [0.5, 0.6) is 5.75 Å². The van der Waals surface area contributed by atoms with E-state index >= 15 is 0 Å². The fraction of sp³-hybridized carbons (Fsp3) is 0.227. The van der Waals surface area contributed by atoms with Gasteiger partial charge >= 0.3 is 0 Å². The van der Waals surface area contributed by atoms with Crippen molar-refractivity contribution < 1.29 is 23.1 Å². The number of aromatic nitrogens is 1. The summed E-state index contributed by atoms with van der Waals surface area (Å²) in [4.78, 5) is 29.1.